The Balaban J connectivity index is 2.39. The molecule has 0 radical (unpaired) electrons. The minimum absolute atomic E-state index is 0.0485. The molecular formula is C12H20N4O3. The molecule has 7 nitrogen and oxygen atoms in total. The van der Waals surface area contributed by atoms with E-state index in [-0.39, 0.29) is 24.3 Å². The molecule has 19 heavy (non-hydrogen) atoms. The lowest BCUT2D eigenvalue weighted by molar-refractivity contribution is -0.389. The first kappa shape index (κ1) is 15.1. The Morgan fingerprint density at radius 2 is 2.16 bits per heavy atom. The van der Waals surface area contributed by atoms with Crippen LogP contribution in [-0.4, -0.2) is 26.4 Å². The molecule has 1 heterocycles. The summed E-state index contributed by atoms with van der Waals surface area (Å²) in [7, 11) is 0. The van der Waals surface area contributed by atoms with Crippen molar-refractivity contribution < 1.29 is 9.72 Å². The van der Waals surface area contributed by atoms with Crippen molar-refractivity contribution in [3.8, 4) is 0 Å². The van der Waals surface area contributed by atoms with Gasteiger partial charge in [-0.2, -0.15) is 0 Å². The summed E-state index contributed by atoms with van der Waals surface area (Å²) < 4.78 is 1.41. The van der Waals surface area contributed by atoms with Crippen LogP contribution in [0.15, 0.2) is 12.5 Å². The fourth-order valence-electron chi connectivity index (χ4n) is 1.67. The first-order valence-corrected chi connectivity index (χ1v) is 6.34. The number of rotatable bonds is 7. The third kappa shape index (κ3) is 5.50. The van der Waals surface area contributed by atoms with Crippen molar-refractivity contribution in [2.75, 3.05) is 0 Å². The molecule has 1 N–H and O–H groups in total. The second-order valence-corrected chi connectivity index (χ2v) is 5.10. The van der Waals surface area contributed by atoms with Gasteiger partial charge in [-0.3, -0.25) is 4.79 Å². The van der Waals surface area contributed by atoms with Crippen LogP contribution in [0.5, 0.6) is 0 Å². The van der Waals surface area contributed by atoms with Gasteiger partial charge in [0.1, 0.15) is 12.7 Å². The molecule has 0 fully saturated rings. The second-order valence-electron chi connectivity index (χ2n) is 5.10. The number of carbonyl (C=O) groups excluding carboxylic acids is 1. The highest BCUT2D eigenvalue weighted by molar-refractivity contribution is 5.76. The largest absolute Gasteiger partial charge is 0.381 e. The van der Waals surface area contributed by atoms with E-state index in [1.54, 1.807) is 0 Å². The summed E-state index contributed by atoms with van der Waals surface area (Å²) in [6, 6.07) is 0.105. The van der Waals surface area contributed by atoms with Crippen LogP contribution in [0.25, 0.3) is 0 Å². The SMILES string of the molecule is CC(C)CCC(C)NC(=O)Cn1cnc([N+](=O)[O-])c1. The van der Waals surface area contributed by atoms with Crippen molar-refractivity contribution in [3.05, 3.63) is 22.6 Å². The highest BCUT2D eigenvalue weighted by atomic mass is 16.6. The summed E-state index contributed by atoms with van der Waals surface area (Å²) in [6.45, 7) is 6.28. The molecule has 1 atom stereocenters. The molecule has 1 amide bonds. The molecule has 0 aliphatic rings. The Hall–Kier alpha value is -1.92. The molecular weight excluding hydrogens is 248 g/mol. The van der Waals surface area contributed by atoms with Crippen molar-refractivity contribution in [1.82, 2.24) is 14.9 Å². The predicted octanol–water partition coefficient (Wildman–Crippen LogP) is 1.73. The van der Waals surface area contributed by atoms with Gasteiger partial charge >= 0.3 is 5.82 Å². The fourth-order valence-corrected chi connectivity index (χ4v) is 1.67. The average Bonchev–Trinajstić information content (AvgIpc) is 2.74. The minimum Gasteiger partial charge on any atom is -0.358 e. The molecule has 0 spiro atoms. The maximum absolute atomic E-state index is 11.7. The first-order valence-electron chi connectivity index (χ1n) is 6.34. The summed E-state index contributed by atoms with van der Waals surface area (Å²) >= 11 is 0. The van der Waals surface area contributed by atoms with E-state index in [2.05, 4.69) is 24.1 Å². The molecule has 1 aromatic heterocycles. The van der Waals surface area contributed by atoms with Gasteiger partial charge in [0.15, 0.2) is 0 Å². The predicted molar refractivity (Wildman–Crippen MR) is 70.6 cm³/mol. The van der Waals surface area contributed by atoms with Gasteiger partial charge in [0, 0.05) is 6.04 Å². The molecule has 0 aliphatic carbocycles. The van der Waals surface area contributed by atoms with E-state index in [4.69, 9.17) is 0 Å². The number of nitrogens with zero attached hydrogens (tertiary/aromatic N) is 3. The van der Waals surface area contributed by atoms with E-state index < -0.39 is 4.92 Å². The molecule has 1 unspecified atom stereocenters. The van der Waals surface area contributed by atoms with Gasteiger partial charge in [0.25, 0.3) is 0 Å². The smallest absolute Gasteiger partial charge is 0.358 e. The van der Waals surface area contributed by atoms with Crippen molar-refractivity contribution in [2.24, 2.45) is 5.92 Å². The molecule has 0 aliphatic heterocycles. The maximum Gasteiger partial charge on any atom is 0.381 e. The Labute approximate surface area is 112 Å². The summed E-state index contributed by atoms with van der Waals surface area (Å²) in [6.07, 6.45) is 4.51. The van der Waals surface area contributed by atoms with Crippen LogP contribution in [0.2, 0.25) is 0 Å². The van der Waals surface area contributed by atoms with E-state index in [1.807, 2.05) is 6.92 Å². The lowest BCUT2D eigenvalue weighted by Crippen LogP contribution is -2.35. The summed E-state index contributed by atoms with van der Waals surface area (Å²) in [5.41, 5.74) is 0. The average molecular weight is 268 g/mol. The lowest BCUT2D eigenvalue weighted by Gasteiger charge is -2.14. The molecule has 0 saturated carbocycles. The number of nitro groups is 1. The number of nitrogens with one attached hydrogen (secondary N) is 1. The van der Waals surface area contributed by atoms with Gasteiger partial charge in [-0.1, -0.05) is 13.8 Å². The zero-order valence-corrected chi connectivity index (χ0v) is 11.5. The van der Waals surface area contributed by atoms with E-state index in [0.29, 0.717) is 5.92 Å². The van der Waals surface area contributed by atoms with Crippen LogP contribution in [0.3, 0.4) is 0 Å². The van der Waals surface area contributed by atoms with E-state index >= 15 is 0 Å². The van der Waals surface area contributed by atoms with Crippen molar-refractivity contribution >= 4 is 11.7 Å². The van der Waals surface area contributed by atoms with Gasteiger partial charge < -0.3 is 20.0 Å². The standard InChI is InChI=1S/C12H20N4O3/c1-9(2)4-5-10(3)14-12(17)7-15-6-11(13-8-15)16(18)19/h6,8-10H,4-5,7H2,1-3H3,(H,14,17). The van der Waals surface area contributed by atoms with E-state index in [0.717, 1.165) is 12.8 Å². The van der Waals surface area contributed by atoms with Gasteiger partial charge in [0.05, 0.1) is 0 Å². The van der Waals surface area contributed by atoms with Gasteiger partial charge in [0.2, 0.25) is 12.2 Å². The minimum atomic E-state index is -0.584. The number of imidazole rings is 1. The summed E-state index contributed by atoms with van der Waals surface area (Å²) in [4.78, 5) is 25.2. The molecule has 106 valence electrons. The number of amides is 1. The van der Waals surface area contributed by atoms with E-state index in [9.17, 15) is 14.9 Å². The van der Waals surface area contributed by atoms with Crippen LogP contribution < -0.4 is 5.32 Å². The number of hydrogen-bond acceptors (Lipinski definition) is 4. The third-order valence-corrected chi connectivity index (χ3v) is 2.72. The van der Waals surface area contributed by atoms with Gasteiger partial charge in [-0.15, -0.1) is 0 Å². The molecule has 0 aromatic carbocycles. The molecule has 1 rings (SSSR count). The molecule has 0 bridgehead atoms. The van der Waals surface area contributed by atoms with Crippen LogP contribution in [0.4, 0.5) is 5.82 Å². The Morgan fingerprint density at radius 3 is 2.68 bits per heavy atom. The Kier molecular flexibility index (Phi) is 5.47. The zero-order valence-electron chi connectivity index (χ0n) is 11.5. The first-order chi connectivity index (χ1) is 8.88. The van der Waals surface area contributed by atoms with Crippen LogP contribution in [-0.2, 0) is 11.3 Å². The van der Waals surface area contributed by atoms with Crippen LogP contribution >= 0.6 is 0 Å². The molecule has 1 aromatic rings. The quantitative estimate of drug-likeness (QED) is 0.602. The van der Waals surface area contributed by atoms with E-state index in [1.165, 1.54) is 17.1 Å². The fraction of sp³-hybridized carbons (Fsp3) is 0.667. The van der Waals surface area contributed by atoms with Crippen molar-refractivity contribution in [2.45, 2.75) is 46.2 Å². The van der Waals surface area contributed by atoms with Crippen LogP contribution in [0, 0.1) is 16.0 Å². The topological polar surface area (TPSA) is 90.1 Å². The van der Waals surface area contributed by atoms with Crippen molar-refractivity contribution in [1.29, 1.82) is 0 Å². The van der Waals surface area contributed by atoms with Crippen molar-refractivity contribution in [3.63, 3.8) is 0 Å². The number of carbonyl (C=O) groups is 1. The monoisotopic (exact) mass is 268 g/mol. The summed E-state index contributed by atoms with van der Waals surface area (Å²) in [5.74, 6) is 0.194. The third-order valence-electron chi connectivity index (χ3n) is 2.72. The van der Waals surface area contributed by atoms with Gasteiger partial charge in [-0.25, -0.2) is 0 Å². The zero-order chi connectivity index (χ0) is 14.4. The van der Waals surface area contributed by atoms with Gasteiger partial charge in [-0.05, 0) is 35.6 Å². The number of hydrogen-bond donors (Lipinski definition) is 1. The molecule has 7 heteroatoms. The highest BCUT2D eigenvalue weighted by Gasteiger charge is 2.13. The highest BCUT2D eigenvalue weighted by Crippen LogP contribution is 2.07. The summed E-state index contributed by atoms with van der Waals surface area (Å²) in [5, 5.41) is 13.3. The normalized spacial score (nSPS) is 12.4. The Morgan fingerprint density at radius 1 is 1.47 bits per heavy atom. The van der Waals surface area contributed by atoms with Crippen LogP contribution in [0.1, 0.15) is 33.6 Å². The second kappa shape index (κ2) is 6.86. The molecule has 0 saturated heterocycles. The number of aromatic nitrogens is 2. The lowest BCUT2D eigenvalue weighted by atomic mass is 10.0. The Bertz CT molecular complexity index is 442. The maximum atomic E-state index is 11.7.